The lowest BCUT2D eigenvalue weighted by Crippen LogP contribution is -2.35. The Morgan fingerprint density at radius 3 is 3.00 bits per heavy atom. The highest BCUT2D eigenvalue weighted by atomic mass is 32.1. The van der Waals surface area contributed by atoms with E-state index in [-0.39, 0.29) is 11.9 Å². The highest BCUT2D eigenvalue weighted by molar-refractivity contribution is 7.80. The van der Waals surface area contributed by atoms with Crippen molar-refractivity contribution in [2.24, 2.45) is 5.73 Å². The Balaban J connectivity index is 2.23. The Morgan fingerprint density at radius 2 is 2.44 bits per heavy atom. The molecule has 0 aliphatic carbocycles. The zero-order valence-corrected chi connectivity index (χ0v) is 10.0. The van der Waals surface area contributed by atoms with Gasteiger partial charge < -0.3 is 15.5 Å². The summed E-state index contributed by atoms with van der Waals surface area (Å²) in [4.78, 5) is 11.9. The van der Waals surface area contributed by atoms with E-state index in [0.29, 0.717) is 24.3 Å². The summed E-state index contributed by atoms with van der Waals surface area (Å²) in [5, 5.41) is 2.83. The Bertz CT molecular complexity index is 349. The minimum atomic E-state index is -0.0137. The minimum Gasteiger partial charge on any atom is -0.469 e. The highest BCUT2D eigenvalue weighted by Gasteiger charge is 2.08. The molecule has 1 atom stereocenters. The van der Waals surface area contributed by atoms with Crippen LogP contribution in [-0.4, -0.2) is 16.9 Å². The summed E-state index contributed by atoms with van der Waals surface area (Å²) >= 11 is 4.77. The number of rotatable bonds is 6. The van der Waals surface area contributed by atoms with E-state index in [0.717, 1.165) is 5.76 Å². The Morgan fingerprint density at radius 1 is 1.69 bits per heavy atom. The van der Waals surface area contributed by atoms with Gasteiger partial charge in [0.25, 0.3) is 0 Å². The number of thiocarbonyl (C=S) groups is 1. The van der Waals surface area contributed by atoms with E-state index in [2.05, 4.69) is 5.32 Å². The van der Waals surface area contributed by atoms with Gasteiger partial charge in [0.1, 0.15) is 5.76 Å². The lowest BCUT2D eigenvalue weighted by Gasteiger charge is -2.12. The average Bonchev–Trinajstić information content (AvgIpc) is 2.65. The Labute approximate surface area is 100 Å². The Kier molecular flexibility index (Phi) is 4.98. The molecule has 0 fully saturated rings. The lowest BCUT2D eigenvalue weighted by molar-refractivity contribution is -0.121. The summed E-state index contributed by atoms with van der Waals surface area (Å²) in [7, 11) is 0. The van der Waals surface area contributed by atoms with Crippen molar-refractivity contribution in [3.8, 4) is 0 Å². The van der Waals surface area contributed by atoms with Crippen molar-refractivity contribution >= 4 is 23.1 Å². The van der Waals surface area contributed by atoms with Crippen LogP contribution in [0.15, 0.2) is 22.8 Å². The fourth-order valence-corrected chi connectivity index (χ4v) is 1.64. The van der Waals surface area contributed by atoms with Gasteiger partial charge in [-0.25, -0.2) is 0 Å². The average molecular weight is 240 g/mol. The fraction of sp³-hybridized carbons (Fsp3) is 0.455. The molecule has 0 aliphatic rings. The molecule has 0 spiro atoms. The van der Waals surface area contributed by atoms with Gasteiger partial charge >= 0.3 is 0 Å². The predicted octanol–water partition coefficient (Wildman–Crippen LogP) is 1.39. The van der Waals surface area contributed by atoms with Crippen LogP contribution in [0.4, 0.5) is 0 Å². The minimum absolute atomic E-state index is 0.0124. The second-order valence-electron chi connectivity index (χ2n) is 3.72. The number of furan rings is 1. The second-order valence-corrected chi connectivity index (χ2v) is 4.24. The molecule has 1 aromatic rings. The maximum Gasteiger partial charge on any atom is 0.220 e. The van der Waals surface area contributed by atoms with Crippen molar-refractivity contribution in [3.63, 3.8) is 0 Å². The van der Waals surface area contributed by atoms with Gasteiger partial charge in [-0.2, -0.15) is 0 Å². The largest absolute Gasteiger partial charge is 0.469 e. The maximum atomic E-state index is 11.5. The third kappa shape index (κ3) is 4.93. The van der Waals surface area contributed by atoms with E-state index >= 15 is 0 Å². The number of carbonyl (C=O) groups is 1. The number of hydrogen-bond donors (Lipinski definition) is 2. The molecule has 3 N–H and O–H groups in total. The number of carbonyl (C=O) groups excluding carboxylic acids is 1. The van der Waals surface area contributed by atoms with Crippen LogP contribution >= 0.6 is 12.2 Å². The molecule has 0 aromatic carbocycles. The molecule has 0 saturated heterocycles. The molecule has 4 nitrogen and oxygen atoms in total. The third-order valence-electron chi connectivity index (χ3n) is 2.09. The lowest BCUT2D eigenvalue weighted by atomic mass is 10.2. The first-order valence-electron chi connectivity index (χ1n) is 5.18. The maximum absolute atomic E-state index is 11.5. The summed E-state index contributed by atoms with van der Waals surface area (Å²) < 4.78 is 5.13. The molecule has 1 amide bonds. The molecule has 16 heavy (non-hydrogen) atoms. The molecule has 1 unspecified atom stereocenters. The number of nitrogens with two attached hydrogens (primary N) is 1. The zero-order chi connectivity index (χ0) is 12.0. The van der Waals surface area contributed by atoms with E-state index in [4.69, 9.17) is 22.4 Å². The van der Waals surface area contributed by atoms with Crippen molar-refractivity contribution in [1.82, 2.24) is 5.32 Å². The van der Waals surface area contributed by atoms with Crippen LogP contribution in [0.1, 0.15) is 25.5 Å². The van der Waals surface area contributed by atoms with Gasteiger partial charge in [-0.3, -0.25) is 4.79 Å². The number of amides is 1. The molecule has 1 aromatic heterocycles. The first-order chi connectivity index (χ1) is 7.58. The van der Waals surface area contributed by atoms with Gasteiger partial charge in [-0.05, 0) is 19.1 Å². The number of hydrogen-bond acceptors (Lipinski definition) is 3. The van der Waals surface area contributed by atoms with Crippen molar-refractivity contribution in [2.45, 2.75) is 32.2 Å². The molecule has 0 saturated carbocycles. The first kappa shape index (κ1) is 12.7. The van der Waals surface area contributed by atoms with Gasteiger partial charge in [-0.15, -0.1) is 0 Å². The van der Waals surface area contributed by atoms with E-state index < -0.39 is 0 Å². The van der Waals surface area contributed by atoms with Gasteiger partial charge in [-0.1, -0.05) is 12.2 Å². The standard InChI is InChI=1S/C11H16N2O2S/c1-8(7-10(12)16)13-11(14)5-4-9-3-2-6-15-9/h2-3,6,8H,4-5,7H2,1H3,(H2,12,16)(H,13,14). The molecular weight excluding hydrogens is 224 g/mol. The quantitative estimate of drug-likeness (QED) is 0.737. The van der Waals surface area contributed by atoms with Gasteiger partial charge in [0, 0.05) is 25.3 Å². The van der Waals surface area contributed by atoms with Crippen molar-refractivity contribution in [3.05, 3.63) is 24.2 Å². The molecule has 0 radical (unpaired) electrons. The van der Waals surface area contributed by atoms with Crippen LogP contribution in [0.3, 0.4) is 0 Å². The van der Waals surface area contributed by atoms with Crippen LogP contribution in [0.5, 0.6) is 0 Å². The summed E-state index contributed by atoms with van der Waals surface area (Å²) in [6.45, 7) is 1.88. The van der Waals surface area contributed by atoms with E-state index in [1.165, 1.54) is 0 Å². The topological polar surface area (TPSA) is 68.3 Å². The predicted molar refractivity (Wildman–Crippen MR) is 66.0 cm³/mol. The number of nitrogens with one attached hydrogen (secondary N) is 1. The van der Waals surface area contributed by atoms with Crippen LogP contribution in [0.25, 0.3) is 0 Å². The molecule has 88 valence electrons. The van der Waals surface area contributed by atoms with Crippen molar-refractivity contribution < 1.29 is 9.21 Å². The summed E-state index contributed by atoms with van der Waals surface area (Å²) in [6, 6.07) is 3.65. The van der Waals surface area contributed by atoms with Gasteiger partial charge in [0.15, 0.2) is 0 Å². The third-order valence-corrected chi connectivity index (χ3v) is 2.26. The van der Waals surface area contributed by atoms with Crippen LogP contribution < -0.4 is 11.1 Å². The van der Waals surface area contributed by atoms with Gasteiger partial charge in [0.2, 0.25) is 5.91 Å². The molecular formula is C11H16N2O2S. The fourth-order valence-electron chi connectivity index (χ4n) is 1.39. The second kappa shape index (κ2) is 6.27. The van der Waals surface area contributed by atoms with Crippen molar-refractivity contribution in [2.75, 3.05) is 0 Å². The van der Waals surface area contributed by atoms with E-state index in [9.17, 15) is 4.79 Å². The monoisotopic (exact) mass is 240 g/mol. The van der Waals surface area contributed by atoms with Crippen LogP contribution in [-0.2, 0) is 11.2 Å². The van der Waals surface area contributed by atoms with E-state index in [1.807, 2.05) is 19.1 Å². The summed E-state index contributed by atoms with van der Waals surface area (Å²) in [6.07, 6.45) is 3.15. The first-order valence-corrected chi connectivity index (χ1v) is 5.59. The molecule has 1 rings (SSSR count). The number of aryl methyl sites for hydroxylation is 1. The molecule has 0 aliphatic heterocycles. The van der Waals surface area contributed by atoms with Crippen LogP contribution in [0, 0.1) is 0 Å². The Hall–Kier alpha value is -1.36. The van der Waals surface area contributed by atoms with Crippen LogP contribution in [0.2, 0.25) is 0 Å². The molecule has 0 bridgehead atoms. The highest BCUT2D eigenvalue weighted by Crippen LogP contribution is 2.03. The smallest absolute Gasteiger partial charge is 0.220 e. The molecule has 5 heteroatoms. The molecule has 1 heterocycles. The van der Waals surface area contributed by atoms with Crippen molar-refractivity contribution in [1.29, 1.82) is 0 Å². The summed E-state index contributed by atoms with van der Waals surface area (Å²) in [5.41, 5.74) is 5.39. The normalized spacial score (nSPS) is 12.1. The zero-order valence-electron chi connectivity index (χ0n) is 9.23. The van der Waals surface area contributed by atoms with E-state index in [1.54, 1.807) is 6.26 Å². The SMILES string of the molecule is CC(CC(N)=S)NC(=O)CCc1ccco1. The van der Waals surface area contributed by atoms with Gasteiger partial charge in [0.05, 0.1) is 11.3 Å². The summed E-state index contributed by atoms with van der Waals surface area (Å²) in [5.74, 6) is 0.803.